The lowest BCUT2D eigenvalue weighted by molar-refractivity contribution is -0.128. The first-order valence-corrected chi connectivity index (χ1v) is 12.6. The molecule has 2 saturated carbocycles. The third-order valence-corrected chi connectivity index (χ3v) is 9.17. The van der Waals surface area contributed by atoms with Crippen LogP contribution in [0.3, 0.4) is 0 Å². The zero-order valence-corrected chi connectivity index (χ0v) is 19.3. The number of nitrogens with zero attached hydrogens (tertiary/aromatic N) is 2. The quantitative estimate of drug-likeness (QED) is 0.475. The van der Waals surface area contributed by atoms with Crippen LogP contribution >= 0.6 is 11.8 Å². The van der Waals surface area contributed by atoms with Gasteiger partial charge in [0.15, 0.2) is 0 Å². The molecule has 0 spiro atoms. The summed E-state index contributed by atoms with van der Waals surface area (Å²) in [7, 11) is -4.08. The van der Waals surface area contributed by atoms with Gasteiger partial charge in [-0.05, 0) is 53.7 Å². The van der Waals surface area contributed by atoms with Gasteiger partial charge in [0.25, 0.3) is 0 Å². The van der Waals surface area contributed by atoms with Crippen molar-refractivity contribution in [1.82, 2.24) is 0 Å². The van der Waals surface area contributed by atoms with E-state index in [1.165, 1.54) is 11.8 Å². The van der Waals surface area contributed by atoms with Crippen molar-refractivity contribution >= 4 is 38.3 Å². The van der Waals surface area contributed by atoms with Gasteiger partial charge in [-0.2, -0.15) is 13.7 Å². The average molecular weight is 457 g/mol. The van der Waals surface area contributed by atoms with Gasteiger partial charge in [-0.15, -0.1) is 0 Å². The first-order valence-electron chi connectivity index (χ1n) is 10.2. The topological polar surface area (TPSA) is 96.6 Å². The van der Waals surface area contributed by atoms with E-state index in [4.69, 9.17) is 4.28 Å². The molecular formula is C23H24N2O4S2. The van der Waals surface area contributed by atoms with Crippen LogP contribution in [-0.4, -0.2) is 25.0 Å². The molecule has 1 aromatic rings. The van der Waals surface area contributed by atoms with E-state index in [0.29, 0.717) is 29.0 Å². The molecular weight excluding hydrogens is 432 g/mol. The maximum atomic E-state index is 12.8. The smallest absolute Gasteiger partial charge is 0.299 e. The van der Waals surface area contributed by atoms with E-state index < -0.39 is 15.5 Å². The number of fused-ring (bicyclic) bond motifs is 2. The normalized spacial score (nSPS) is 29.4. The van der Waals surface area contributed by atoms with Gasteiger partial charge in [0, 0.05) is 12.0 Å². The van der Waals surface area contributed by atoms with E-state index in [9.17, 15) is 18.5 Å². The highest BCUT2D eigenvalue weighted by molar-refractivity contribution is 8.17. The van der Waals surface area contributed by atoms with Crippen molar-refractivity contribution in [3.05, 3.63) is 52.4 Å². The van der Waals surface area contributed by atoms with Crippen LogP contribution in [0.1, 0.15) is 44.2 Å². The first-order chi connectivity index (χ1) is 14.6. The minimum absolute atomic E-state index is 0.0115. The molecule has 6 nitrogen and oxygen atoms in total. The number of carbonyl (C=O) groups excluding carboxylic acids is 1. The van der Waals surface area contributed by atoms with Gasteiger partial charge in [-0.3, -0.25) is 9.08 Å². The van der Waals surface area contributed by atoms with Gasteiger partial charge < -0.3 is 0 Å². The third-order valence-electron chi connectivity index (χ3n) is 7.24. The molecule has 2 atom stereocenters. The molecule has 0 N–H and O–H groups in total. The molecule has 2 unspecified atom stereocenters. The van der Waals surface area contributed by atoms with Crippen molar-refractivity contribution in [3.63, 3.8) is 0 Å². The second-order valence-electron chi connectivity index (χ2n) is 8.98. The molecule has 4 rings (SSSR count). The summed E-state index contributed by atoms with van der Waals surface area (Å²) in [5.41, 5.74) is 1.34. The van der Waals surface area contributed by atoms with Crippen LogP contribution in [0.2, 0.25) is 0 Å². The van der Waals surface area contributed by atoms with Gasteiger partial charge in [-0.25, -0.2) is 0 Å². The Morgan fingerprint density at radius 1 is 1.35 bits per heavy atom. The van der Waals surface area contributed by atoms with Crippen LogP contribution < -0.4 is 0 Å². The number of oxime groups is 1. The molecule has 1 heterocycles. The minimum Gasteiger partial charge on any atom is -0.299 e. The SMILES string of the molecule is Cc1ccccc1C(C#N)=C1C=CS/C1=N\OS(=O)(=O)CC12CCC(CC1=O)C2(C)C. The Morgan fingerprint density at radius 3 is 2.71 bits per heavy atom. The van der Waals surface area contributed by atoms with Crippen LogP contribution in [0.25, 0.3) is 5.57 Å². The lowest BCUT2D eigenvalue weighted by Gasteiger charge is -2.35. The van der Waals surface area contributed by atoms with Crippen molar-refractivity contribution in [2.45, 2.75) is 40.0 Å². The maximum Gasteiger partial charge on any atom is 0.329 e. The van der Waals surface area contributed by atoms with Crippen LogP contribution in [0.5, 0.6) is 0 Å². The molecule has 2 aliphatic carbocycles. The summed E-state index contributed by atoms with van der Waals surface area (Å²) in [6.45, 7) is 5.87. The number of hydrogen-bond acceptors (Lipinski definition) is 7. The summed E-state index contributed by atoms with van der Waals surface area (Å²) >= 11 is 1.20. The molecule has 2 bridgehead atoms. The van der Waals surface area contributed by atoms with Crippen molar-refractivity contribution < 1.29 is 17.5 Å². The average Bonchev–Trinajstić information content (AvgIpc) is 3.31. The fourth-order valence-electron chi connectivity index (χ4n) is 5.21. The third kappa shape index (κ3) is 3.54. The fourth-order valence-corrected chi connectivity index (χ4v) is 7.49. The van der Waals surface area contributed by atoms with Gasteiger partial charge in [-0.1, -0.05) is 55.0 Å². The Kier molecular flexibility index (Phi) is 5.39. The minimum atomic E-state index is -4.08. The van der Waals surface area contributed by atoms with E-state index in [1.807, 2.05) is 45.0 Å². The fraction of sp³-hybridized carbons (Fsp3) is 0.435. The number of Topliss-reactive ketones (excluding diaryl/α,β-unsaturated/α-hetero) is 1. The number of allylic oxidation sites excluding steroid dienone is 2. The second-order valence-corrected chi connectivity index (χ2v) is 11.4. The maximum absolute atomic E-state index is 12.8. The number of aryl methyl sites for hydroxylation is 1. The molecule has 0 saturated heterocycles. The number of carbonyl (C=O) groups is 1. The predicted octanol–water partition coefficient (Wildman–Crippen LogP) is 4.59. The monoisotopic (exact) mass is 456 g/mol. The molecule has 3 aliphatic rings. The Morgan fingerprint density at radius 2 is 2.10 bits per heavy atom. The van der Waals surface area contributed by atoms with Crippen molar-refractivity contribution in [1.29, 1.82) is 5.26 Å². The number of thioether (sulfide) groups is 1. The number of benzene rings is 1. The highest BCUT2D eigenvalue weighted by Gasteiger charge is 2.65. The standard InChI is InChI=1S/C23H24N2O4S2/c1-15-6-4-5-7-17(15)19(13-24)18-9-11-30-21(18)25-29-31(27,28)14-23-10-8-16(12-20(23)26)22(23,2)3/h4-7,9,11,16H,8,10,12,14H2,1-3H3/b19-18?,25-21-. The van der Waals surface area contributed by atoms with E-state index >= 15 is 0 Å². The number of hydrogen-bond donors (Lipinski definition) is 0. The van der Waals surface area contributed by atoms with Crippen molar-refractivity contribution in [2.24, 2.45) is 21.9 Å². The second kappa shape index (κ2) is 7.64. The Bertz CT molecular complexity index is 1190. The number of rotatable bonds is 5. The zero-order chi connectivity index (χ0) is 22.4. The lowest BCUT2D eigenvalue weighted by Crippen LogP contribution is -2.42. The Balaban J connectivity index is 1.62. The predicted molar refractivity (Wildman–Crippen MR) is 121 cm³/mol. The van der Waals surface area contributed by atoms with Crippen molar-refractivity contribution in [3.8, 4) is 6.07 Å². The van der Waals surface area contributed by atoms with Gasteiger partial charge in [0.05, 0.1) is 11.0 Å². The summed E-state index contributed by atoms with van der Waals surface area (Å²) in [5, 5.41) is 15.7. The Hall–Kier alpha value is -2.37. The van der Waals surface area contributed by atoms with E-state index in [2.05, 4.69) is 11.2 Å². The molecule has 8 heteroatoms. The number of nitriles is 1. The zero-order valence-electron chi connectivity index (χ0n) is 17.7. The van der Waals surface area contributed by atoms with E-state index in [0.717, 1.165) is 17.5 Å². The lowest BCUT2D eigenvalue weighted by atomic mass is 9.70. The summed E-state index contributed by atoms with van der Waals surface area (Å²) in [6.07, 6.45) is 3.59. The highest BCUT2D eigenvalue weighted by Crippen LogP contribution is 2.64. The molecule has 0 amide bonds. The summed E-state index contributed by atoms with van der Waals surface area (Å²) < 4.78 is 30.7. The molecule has 2 fully saturated rings. The van der Waals surface area contributed by atoms with Crippen LogP contribution in [0.15, 0.2) is 46.5 Å². The molecule has 1 aromatic carbocycles. The van der Waals surface area contributed by atoms with E-state index in [-0.39, 0.29) is 22.9 Å². The summed E-state index contributed by atoms with van der Waals surface area (Å²) in [6, 6.07) is 9.70. The molecule has 31 heavy (non-hydrogen) atoms. The Labute approximate surface area is 187 Å². The highest BCUT2D eigenvalue weighted by atomic mass is 32.2. The van der Waals surface area contributed by atoms with Gasteiger partial charge in [0.2, 0.25) is 0 Å². The molecule has 0 radical (unpaired) electrons. The molecule has 1 aliphatic heterocycles. The summed E-state index contributed by atoms with van der Waals surface area (Å²) in [4.78, 5) is 12.7. The van der Waals surface area contributed by atoms with Crippen LogP contribution in [0.4, 0.5) is 0 Å². The summed E-state index contributed by atoms with van der Waals surface area (Å²) in [5.74, 6) is -0.130. The number of ketones is 1. The first kappa shape index (κ1) is 21.8. The van der Waals surface area contributed by atoms with Gasteiger partial charge in [0.1, 0.15) is 22.6 Å². The van der Waals surface area contributed by atoms with E-state index in [1.54, 1.807) is 11.5 Å². The van der Waals surface area contributed by atoms with Crippen LogP contribution in [-0.2, 0) is 19.2 Å². The van der Waals surface area contributed by atoms with Crippen molar-refractivity contribution in [2.75, 3.05) is 5.75 Å². The molecule has 162 valence electrons. The van der Waals surface area contributed by atoms with Crippen LogP contribution in [0, 0.1) is 35.0 Å². The molecule has 0 aromatic heterocycles. The van der Waals surface area contributed by atoms with Gasteiger partial charge >= 0.3 is 10.1 Å². The largest absolute Gasteiger partial charge is 0.329 e.